The zero-order chi connectivity index (χ0) is 17.5. The molecule has 1 saturated carbocycles. The Morgan fingerprint density at radius 3 is 2.54 bits per heavy atom. The molecular weight excluding hydrogens is 312 g/mol. The molecule has 2 rings (SSSR count). The van der Waals surface area contributed by atoms with Gasteiger partial charge < -0.3 is 15.7 Å². The average molecular weight is 332 g/mol. The molecule has 3 N–H and O–H groups in total. The number of amides is 2. The van der Waals surface area contributed by atoms with E-state index in [1.54, 1.807) is 30.3 Å². The normalized spacial score (nSPS) is 18.5. The van der Waals surface area contributed by atoms with E-state index in [9.17, 15) is 24.3 Å². The van der Waals surface area contributed by atoms with Crippen molar-refractivity contribution in [2.24, 2.45) is 5.92 Å². The highest BCUT2D eigenvalue weighted by Crippen LogP contribution is 2.24. The summed E-state index contributed by atoms with van der Waals surface area (Å²) in [5.74, 6) is -2.56. The van der Waals surface area contributed by atoms with Crippen molar-refractivity contribution >= 4 is 23.6 Å². The molecule has 0 aliphatic heterocycles. The second kappa shape index (κ2) is 8.24. The van der Waals surface area contributed by atoms with Crippen LogP contribution < -0.4 is 10.6 Å². The molecule has 1 fully saturated rings. The number of ketones is 1. The third-order valence-corrected chi connectivity index (χ3v) is 4.02. The monoisotopic (exact) mass is 332 g/mol. The Morgan fingerprint density at radius 2 is 1.92 bits per heavy atom. The molecular formula is C17H20N2O5. The average Bonchev–Trinajstić information content (AvgIpc) is 2.58. The first-order chi connectivity index (χ1) is 11.5. The van der Waals surface area contributed by atoms with Gasteiger partial charge in [-0.25, -0.2) is 4.79 Å². The van der Waals surface area contributed by atoms with Crippen LogP contribution >= 0.6 is 0 Å². The molecule has 0 radical (unpaired) electrons. The van der Waals surface area contributed by atoms with E-state index < -0.39 is 29.7 Å². The maximum atomic E-state index is 11.9. The number of Topliss-reactive ketones (excluding diaryl/α,β-unsaturated/α-hetero) is 1. The first kappa shape index (κ1) is 17.7. The van der Waals surface area contributed by atoms with Crippen LogP contribution in [-0.2, 0) is 14.4 Å². The maximum Gasteiger partial charge on any atom is 0.326 e. The van der Waals surface area contributed by atoms with E-state index in [-0.39, 0.29) is 18.7 Å². The van der Waals surface area contributed by atoms with Gasteiger partial charge in [0, 0.05) is 18.4 Å². The lowest BCUT2D eigenvalue weighted by atomic mass is 9.83. The van der Waals surface area contributed by atoms with Gasteiger partial charge >= 0.3 is 5.97 Å². The Labute approximate surface area is 139 Å². The molecule has 0 bridgehead atoms. The van der Waals surface area contributed by atoms with Gasteiger partial charge in [0.25, 0.3) is 5.91 Å². The van der Waals surface area contributed by atoms with E-state index in [4.69, 9.17) is 0 Å². The van der Waals surface area contributed by atoms with Crippen LogP contribution in [0.2, 0.25) is 0 Å². The molecule has 1 aliphatic carbocycles. The maximum absolute atomic E-state index is 11.9. The quantitative estimate of drug-likeness (QED) is 0.711. The second-order valence-electron chi connectivity index (χ2n) is 5.83. The van der Waals surface area contributed by atoms with Gasteiger partial charge in [-0.3, -0.25) is 14.4 Å². The van der Waals surface area contributed by atoms with Crippen molar-refractivity contribution in [3.05, 3.63) is 35.9 Å². The lowest BCUT2D eigenvalue weighted by molar-refractivity contribution is -0.144. The Balaban J connectivity index is 1.88. The molecule has 0 saturated heterocycles. The highest BCUT2D eigenvalue weighted by atomic mass is 16.4. The van der Waals surface area contributed by atoms with Gasteiger partial charge in [0.1, 0.15) is 11.8 Å². The largest absolute Gasteiger partial charge is 0.480 e. The first-order valence-electron chi connectivity index (χ1n) is 7.84. The Kier molecular flexibility index (Phi) is 6.06. The zero-order valence-corrected chi connectivity index (χ0v) is 13.2. The minimum atomic E-state index is -1.17. The van der Waals surface area contributed by atoms with Gasteiger partial charge in [0.05, 0.1) is 6.54 Å². The SMILES string of the molecule is O=C1CCC[C@@H]([C@@H](NC(=O)CNC(=O)c2ccccc2)C(=O)O)C1. The summed E-state index contributed by atoms with van der Waals surface area (Å²) in [5, 5.41) is 14.2. The van der Waals surface area contributed by atoms with Crippen LogP contribution in [0.15, 0.2) is 30.3 Å². The van der Waals surface area contributed by atoms with E-state index >= 15 is 0 Å². The molecule has 1 aromatic rings. The van der Waals surface area contributed by atoms with E-state index in [1.807, 2.05) is 0 Å². The van der Waals surface area contributed by atoms with Gasteiger partial charge in [0.2, 0.25) is 5.91 Å². The number of carboxylic acid groups (broad SMARTS) is 1. The van der Waals surface area contributed by atoms with Crippen LogP contribution in [0.4, 0.5) is 0 Å². The first-order valence-corrected chi connectivity index (χ1v) is 7.84. The highest BCUT2D eigenvalue weighted by Gasteiger charge is 2.33. The number of carbonyl (C=O) groups is 4. The lowest BCUT2D eigenvalue weighted by Crippen LogP contribution is -2.50. The molecule has 0 unspecified atom stereocenters. The Hall–Kier alpha value is -2.70. The third-order valence-electron chi connectivity index (χ3n) is 4.02. The summed E-state index contributed by atoms with van der Waals surface area (Å²) in [6.45, 7) is -0.321. The standard InChI is InChI=1S/C17H20N2O5/c20-13-8-4-7-12(9-13)15(17(23)24)19-14(21)10-18-16(22)11-5-2-1-3-6-11/h1-3,5-6,12,15H,4,7-10H2,(H,18,22)(H,19,21)(H,23,24)/t12-,15-/m1/s1. The van der Waals surface area contributed by atoms with E-state index in [0.29, 0.717) is 24.8 Å². The van der Waals surface area contributed by atoms with Crippen LogP contribution in [0.3, 0.4) is 0 Å². The van der Waals surface area contributed by atoms with Gasteiger partial charge in [-0.15, -0.1) is 0 Å². The lowest BCUT2D eigenvalue weighted by Gasteiger charge is -2.27. The molecule has 7 heteroatoms. The summed E-state index contributed by atoms with van der Waals surface area (Å²) in [6.07, 6.45) is 1.84. The molecule has 0 heterocycles. The number of carboxylic acids is 1. The second-order valence-corrected chi connectivity index (χ2v) is 5.83. The topological polar surface area (TPSA) is 113 Å². The highest BCUT2D eigenvalue weighted by molar-refractivity contribution is 5.96. The van der Waals surface area contributed by atoms with Crippen molar-refractivity contribution in [1.29, 1.82) is 0 Å². The Morgan fingerprint density at radius 1 is 1.21 bits per heavy atom. The van der Waals surface area contributed by atoms with Crippen molar-refractivity contribution in [3.8, 4) is 0 Å². The van der Waals surface area contributed by atoms with Crippen molar-refractivity contribution in [2.75, 3.05) is 6.54 Å². The van der Waals surface area contributed by atoms with Crippen LogP contribution in [0.25, 0.3) is 0 Å². The third kappa shape index (κ3) is 4.91. The number of aliphatic carboxylic acids is 1. The van der Waals surface area contributed by atoms with Crippen molar-refractivity contribution in [2.45, 2.75) is 31.7 Å². The molecule has 128 valence electrons. The minimum Gasteiger partial charge on any atom is -0.480 e. The number of rotatable bonds is 6. The number of hydrogen-bond acceptors (Lipinski definition) is 4. The van der Waals surface area contributed by atoms with E-state index in [1.165, 1.54) is 0 Å². The van der Waals surface area contributed by atoms with Crippen LogP contribution in [0.1, 0.15) is 36.0 Å². The summed E-state index contributed by atoms with van der Waals surface area (Å²) < 4.78 is 0. The predicted molar refractivity (Wildman–Crippen MR) is 85.3 cm³/mol. The number of carbonyl (C=O) groups excluding carboxylic acids is 3. The Bertz CT molecular complexity index is 629. The molecule has 24 heavy (non-hydrogen) atoms. The van der Waals surface area contributed by atoms with E-state index in [2.05, 4.69) is 10.6 Å². The molecule has 0 aromatic heterocycles. The van der Waals surface area contributed by atoms with Crippen LogP contribution in [0.5, 0.6) is 0 Å². The van der Waals surface area contributed by atoms with Crippen molar-refractivity contribution < 1.29 is 24.3 Å². The van der Waals surface area contributed by atoms with E-state index in [0.717, 1.165) is 0 Å². The fourth-order valence-electron chi connectivity index (χ4n) is 2.80. The molecule has 2 amide bonds. The molecule has 1 aromatic carbocycles. The van der Waals surface area contributed by atoms with Crippen molar-refractivity contribution in [1.82, 2.24) is 10.6 Å². The van der Waals surface area contributed by atoms with Crippen molar-refractivity contribution in [3.63, 3.8) is 0 Å². The number of nitrogens with one attached hydrogen (secondary N) is 2. The summed E-state index contributed by atoms with van der Waals surface area (Å²) in [4.78, 5) is 46.7. The van der Waals surface area contributed by atoms with Gasteiger partial charge in [-0.1, -0.05) is 18.2 Å². The summed E-state index contributed by atoms with van der Waals surface area (Å²) in [7, 11) is 0. The molecule has 2 atom stereocenters. The fraction of sp³-hybridized carbons (Fsp3) is 0.412. The summed E-state index contributed by atoms with van der Waals surface area (Å²) in [6, 6.07) is 7.29. The van der Waals surface area contributed by atoms with Crippen LogP contribution in [0, 0.1) is 5.92 Å². The summed E-state index contributed by atoms with van der Waals surface area (Å²) >= 11 is 0. The van der Waals surface area contributed by atoms with Gasteiger partial charge in [0.15, 0.2) is 0 Å². The van der Waals surface area contributed by atoms with Crippen LogP contribution in [-0.4, -0.2) is 41.3 Å². The summed E-state index contributed by atoms with van der Waals surface area (Å²) in [5.41, 5.74) is 0.415. The number of benzene rings is 1. The zero-order valence-electron chi connectivity index (χ0n) is 13.2. The molecule has 7 nitrogen and oxygen atoms in total. The van der Waals surface area contributed by atoms with Gasteiger partial charge in [-0.05, 0) is 30.9 Å². The predicted octanol–water partition coefficient (Wildman–Crippen LogP) is 0.745. The minimum absolute atomic E-state index is 0.0177. The number of hydrogen-bond donors (Lipinski definition) is 3. The smallest absolute Gasteiger partial charge is 0.326 e. The van der Waals surface area contributed by atoms with Gasteiger partial charge in [-0.2, -0.15) is 0 Å². The molecule has 1 aliphatic rings. The molecule has 0 spiro atoms. The fourth-order valence-corrected chi connectivity index (χ4v) is 2.80.